The van der Waals surface area contributed by atoms with E-state index in [2.05, 4.69) is 172 Å². The molecular formula is C46H35N3. The van der Waals surface area contributed by atoms with Crippen LogP contribution in [0.25, 0.3) is 72.4 Å². The van der Waals surface area contributed by atoms with Gasteiger partial charge in [0.1, 0.15) is 0 Å². The molecule has 0 fully saturated rings. The van der Waals surface area contributed by atoms with Crippen molar-refractivity contribution >= 4 is 21.8 Å². The molecule has 2 aromatic heterocycles. The van der Waals surface area contributed by atoms with E-state index in [9.17, 15) is 0 Å². The summed E-state index contributed by atoms with van der Waals surface area (Å²) in [5.41, 5.74) is 16.3. The maximum atomic E-state index is 5.51. The Labute approximate surface area is 286 Å². The second-order valence-corrected chi connectivity index (χ2v) is 14.6. The highest BCUT2D eigenvalue weighted by Crippen LogP contribution is 2.54. The fourth-order valence-corrected chi connectivity index (χ4v) is 8.82. The fourth-order valence-electron chi connectivity index (χ4n) is 8.82. The summed E-state index contributed by atoms with van der Waals surface area (Å²) in [7, 11) is 0. The van der Waals surface area contributed by atoms with Crippen molar-refractivity contribution in [1.82, 2.24) is 14.5 Å². The summed E-state index contributed by atoms with van der Waals surface area (Å²) in [5.74, 6) is 0.744. The van der Waals surface area contributed by atoms with Crippen LogP contribution in [0.3, 0.4) is 0 Å². The van der Waals surface area contributed by atoms with Gasteiger partial charge in [-0.2, -0.15) is 0 Å². The Bertz CT molecular complexity index is 2660. The van der Waals surface area contributed by atoms with Gasteiger partial charge in [-0.1, -0.05) is 149 Å². The molecule has 0 atom stereocenters. The van der Waals surface area contributed by atoms with Crippen LogP contribution in [0.5, 0.6) is 0 Å². The highest BCUT2D eigenvalue weighted by Gasteiger charge is 2.40. The smallest absolute Gasteiger partial charge is 0.162 e. The van der Waals surface area contributed by atoms with E-state index in [4.69, 9.17) is 9.97 Å². The zero-order chi connectivity index (χ0) is 33.1. The summed E-state index contributed by atoms with van der Waals surface area (Å²) < 4.78 is 2.48. The number of benzene rings is 6. The molecule has 6 aromatic carbocycles. The van der Waals surface area contributed by atoms with Crippen molar-refractivity contribution < 1.29 is 0 Å². The van der Waals surface area contributed by atoms with E-state index in [1.165, 1.54) is 55.2 Å². The first-order valence-electron chi connectivity index (χ1n) is 17.2. The molecule has 0 aliphatic heterocycles. The molecule has 0 saturated carbocycles. The van der Waals surface area contributed by atoms with E-state index in [1.54, 1.807) is 0 Å². The molecule has 0 unspecified atom stereocenters. The van der Waals surface area contributed by atoms with Crippen molar-refractivity contribution in [3.63, 3.8) is 0 Å². The predicted molar refractivity (Wildman–Crippen MR) is 202 cm³/mol. The van der Waals surface area contributed by atoms with Crippen molar-refractivity contribution in [3.05, 3.63) is 162 Å². The van der Waals surface area contributed by atoms with E-state index < -0.39 is 0 Å². The van der Waals surface area contributed by atoms with Crippen molar-refractivity contribution in [1.29, 1.82) is 0 Å². The zero-order valence-electron chi connectivity index (χ0n) is 28.1. The Hall–Kier alpha value is -5.80. The van der Waals surface area contributed by atoms with Gasteiger partial charge in [0.2, 0.25) is 0 Å². The SMILES string of the molecule is CC1(C)c2ccccc2-c2c1ccc1c3ccccc3n(-c3ccccc3-c3nc(-c4ccccc4)c4c(n3)C(C)(C)c3ccccc3-4)c21. The van der Waals surface area contributed by atoms with E-state index in [1.807, 2.05) is 0 Å². The Balaban J connectivity index is 1.31. The summed E-state index contributed by atoms with van der Waals surface area (Å²) in [6.45, 7) is 9.30. The lowest BCUT2D eigenvalue weighted by Crippen LogP contribution is -2.18. The van der Waals surface area contributed by atoms with E-state index in [-0.39, 0.29) is 10.8 Å². The summed E-state index contributed by atoms with van der Waals surface area (Å²) in [5, 5.41) is 2.50. The minimum atomic E-state index is -0.273. The Kier molecular flexibility index (Phi) is 5.69. The van der Waals surface area contributed by atoms with E-state index >= 15 is 0 Å². The van der Waals surface area contributed by atoms with Crippen LogP contribution in [0.2, 0.25) is 0 Å². The van der Waals surface area contributed by atoms with Crippen LogP contribution in [-0.4, -0.2) is 14.5 Å². The Morgan fingerprint density at radius 2 is 1.08 bits per heavy atom. The van der Waals surface area contributed by atoms with E-state index in [0.29, 0.717) is 0 Å². The molecule has 3 heteroatoms. The highest BCUT2D eigenvalue weighted by molar-refractivity contribution is 6.16. The standard InChI is InChI=1S/C46H35N3/c1-45(2)34-22-12-8-19-31(34)39-36(45)27-26-30-29-18-10-14-24-37(29)49(42(30)39)38-25-15-11-21-33(38)44-47-41(28-16-6-5-7-17-28)40-32-20-9-13-23-35(32)46(3,4)43(40)48-44/h5-27H,1-4H3. The van der Waals surface area contributed by atoms with Crippen molar-refractivity contribution in [2.24, 2.45) is 0 Å². The number of rotatable bonds is 3. The van der Waals surface area contributed by atoms with Crippen molar-refractivity contribution in [3.8, 4) is 50.6 Å². The van der Waals surface area contributed by atoms with Gasteiger partial charge >= 0.3 is 0 Å². The summed E-state index contributed by atoms with van der Waals surface area (Å²) in [4.78, 5) is 11.0. The molecule has 2 aliphatic rings. The highest BCUT2D eigenvalue weighted by atomic mass is 15.0. The van der Waals surface area contributed by atoms with Crippen LogP contribution >= 0.6 is 0 Å². The summed E-state index contributed by atoms with van der Waals surface area (Å²) in [6.07, 6.45) is 0. The molecule has 0 radical (unpaired) electrons. The van der Waals surface area contributed by atoms with Gasteiger partial charge in [0.25, 0.3) is 0 Å². The predicted octanol–water partition coefficient (Wildman–Crippen LogP) is 11.5. The first-order valence-corrected chi connectivity index (χ1v) is 17.2. The minimum absolute atomic E-state index is 0.102. The molecule has 49 heavy (non-hydrogen) atoms. The third kappa shape index (κ3) is 3.73. The van der Waals surface area contributed by atoms with Gasteiger partial charge in [-0.05, 0) is 46.0 Å². The second kappa shape index (κ2) is 9.87. The van der Waals surface area contributed by atoms with Gasteiger partial charge in [-0.25, -0.2) is 9.97 Å². The van der Waals surface area contributed by atoms with Crippen LogP contribution in [0, 0.1) is 0 Å². The van der Waals surface area contributed by atoms with Crippen LogP contribution in [0.4, 0.5) is 0 Å². The van der Waals surface area contributed by atoms with Gasteiger partial charge in [-0.15, -0.1) is 0 Å². The molecule has 234 valence electrons. The van der Waals surface area contributed by atoms with Gasteiger partial charge in [0.15, 0.2) is 5.82 Å². The number of aromatic nitrogens is 3. The monoisotopic (exact) mass is 629 g/mol. The average molecular weight is 630 g/mol. The molecule has 3 nitrogen and oxygen atoms in total. The molecule has 0 N–H and O–H groups in total. The maximum absolute atomic E-state index is 5.51. The third-order valence-electron chi connectivity index (χ3n) is 11.2. The molecule has 8 aromatic rings. The molecule has 0 bridgehead atoms. The van der Waals surface area contributed by atoms with Gasteiger partial charge in [0.05, 0.1) is 28.1 Å². The average Bonchev–Trinajstić information content (AvgIpc) is 3.69. The van der Waals surface area contributed by atoms with Crippen LogP contribution in [-0.2, 0) is 10.8 Å². The Morgan fingerprint density at radius 3 is 1.86 bits per heavy atom. The molecular weight excluding hydrogens is 595 g/mol. The molecule has 2 aliphatic carbocycles. The first-order chi connectivity index (χ1) is 23.9. The van der Waals surface area contributed by atoms with Crippen LogP contribution in [0.15, 0.2) is 140 Å². The minimum Gasteiger partial charge on any atom is -0.308 e. The van der Waals surface area contributed by atoms with Crippen LogP contribution < -0.4 is 0 Å². The fraction of sp³-hybridized carbons (Fsp3) is 0.130. The van der Waals surface area contributed by atoms with Crippen LogP contribution in [0.1, 0.15) is 50.1 Å². The molecule has 0 saturated heterocycles. The quantitative estimate of drug-likeness (QED) is 0.195. The largest absolute Gasteiger partial charge is 0.308 e. The number of para-hydroxylation sites is 2. The molecule has 0 spiro atoms. The lowest BCUT2D eigenvalue weighted by Gasteiger charge is -2.22. The van der Waals surface area contributed by atoms with Gasteiger partial charge in [-0.3, -0.25) is 0 Å². The number of hydrogen-bond donors (Lipinski definition) is 0. The maximum Gasteiger partial charge on any atom is 0.162 e. The number of nitrogens with zero attached hydrogens (tertiary/aromatic N) is 3. The summed E-state index contributed by atoms with van der Waals surface area (Å²) in [6, 6.07) is 50.5. The molecule has 2 heterocycles. The van der Waals surface area contributed by atoms with Gasteiger partial charge < -0.3 is 4.57 Å². The van der Waals surface area contributed by atoms with Crippen molar-refractivity contribution in [2.45, 2.75) is 38.5 Å². The number of fused-ring (bicyclic) bond motifs is 10. The number of hydrogen-bond acceptors (Lipinski definition) is 2. The van der Waals surface area contributed by atoms with Gasteiger partial charge in [0, 0.05) is 43.9 Å². The normalized spacial score (nSPS) is 14.9. The third-order valence-corrected chi connectivity index (χ3v) is 11.2. The van der Waals surface area contributed by atoms with Crippen molar-refractivity contribution in [2.75, 3.05) is 0 Å². The topological polar surface area (TPSA) is 30.7 Å². The lowest BCUT2D eigenvalue weighted by atomic mass is 9.82. The second-order valence-electron chi connectivity index (χ2n) is 14.6. The molecule has 10 rings (SSSR count). The Morgan fingerprint density at radius 1 is 0.469 bits per heavy atom. The van der Waals surface area contributed by atoms with E-state index in [0.717, 1.165) is 39.6 Å². The lowest BCUT2D eigenvalue weighted by molar-refractivity contribution is 0.636. The summed E-state index contributed by atoms with van der Waals surface area (Å²) >= 11 is 0. The molecule has 0 amide bonds. The first kappa shape index (κ1) is 28.2. The zero-order valence-corrected chi connectivity index (χ0v) is 28.1.